The lowest BCUT2D eigenvalue weighted by atomic mass is 9.91. The van der Waals surface area contributed by atoms with Gasteiger partial charge in [-0.05, 0) is 49.3 Å². The normalized spacial score (nSPS) is 25.7. The summed E-state index contributed by atoms with van der Waals surface area (Å²) in [6.07, 6.45) is 5.10. The third-order valence-electron chi connectivity index (χ3n) is 5.44. The fourth-order valence-corrected chi connectivity index (χ4v) is 5.80. The Morgan fingerprint density at radius 3 is 2.23 bits per heavy atom. The van der Waals surface area contributed by atoms with Crippen LogP contribution in [0.2, 0.25) is 0 Å². The minimum atomic E-state index is -3.53. The minimum Gasteiger partial charge on any atom is -0.338 e. The number of rotatable bonds is 3. The van der Waals surface area contributed by atoms with Crippen LogP contribution in [0.3, 0.4) is 0 Å². The maximum atomic E-state index is 13.0. The predicted molar refractivity (Wildman–Crippen MR) is 103 cm³/mol. The molecular weight excluding hydrogens is 348 g/mol. The minimum absolute atomic E-state index is 0.0590. The third-order valence-corrected chi connectivity index (χ3v) is 7.33. The molecule has 0 aromatic heterocycles. The van der Waals surface area contributed by atoms with Gasteiger partial charge in [0.15, 0.2) is 0 Å². The largest absolute Gasteiger partial charge is 0.338 e. The molecule has 2 aliphatic rings. The highest BCUT2D eigenvalue weighted by Gasteiger charge is 2.29. The molecule has 0 radical (unpaired) electrons. The summed E-state index contributed by atoms with van der Waals surface area (Å²) in [6, 6.07) is 6.59. The van der Waals surface area contributed by atoms with Gasteiger partial charge in [0, 0.05) is 31.7 Å². The summed E-state index contributed by atoms with van der Waals surface area (Å²) in [5.74, 6) is 0.898. The van der Waals surface area contributed by atoms with Crippen LogP contribution < -0.4 is 0 Å². The predicted octanol–water partition coefficient (Wildman–Crippen LogP) is 3.37. The second kappa shape index (κ2) is 8.09. The van der Waals surface area contributed by atoms with Crippen molar-refractivity contribution in [2.24, 2.45) is 11.8 Å². The fourth-order valence-electron chi connectivity index (χ4n) is 4.23. The molecule has 0 aliphatic carbocycles. The standard InChI is InChI=1S/C20H30N2O3S/c1-16-12-17(2)15-21(14-16)20(23)18-8-7-9-19(13-18)26(24,25)22-10-5-3-4-6-11-22/h7-9,13,16-17H,3-6,10-12,14-15H2,1-2H3. The van der Waals surface area contributed by atoms with Gasteiger partial charge in [-0.3, -0.25) is 4.79 Å². The SMILES string of the molecule is CC1CC(C)CN(C(=O)c2cccc(S(=O)(=O)N3CCCCCC3)c2)C1. The second-order valence-corrected chi connectivity index (χ2v) is 9.94. The fraction of sp³-hybridized carbons (Fsp3) is 0.650. The van der Waals surface area contributed by atoms with E-state index in [2.05, 4.69) is 13.8 Å². The second-order valence-electron chi connectivity index (χ2n) is 8.00. The Hall–Kier alpha value is -1.40. The lowest BCUT2D eigenvalue weighted by molar-refractivity contribution is 0.0623. The van der Waals surface area contributed by atoms with Crippen LogP contribution in [0.1, 0.15) is 56.3 Å². The summed E-state index contributed by atoms with van der Waals surface area (Å²) in [6.45, 7) is 6.95. The Morgan fingerprint density at radius 2 is 1.62 bits per heavy atom. The Balaban J connectivity index is 1.82. The molecule has 2 heterocycles. The highest BCUT2D eigenvalue weighted by atomic mass is 32.2. The van der Waals surface area contributed by atoms with Crippen LogP contribution in [0.4, 0.5) is 0 Å². The quantitative estimate of drug-likeness (QED) is 0.810. The molecule has 2 aliphatic heterocycles. The highest BCUT2D eigenvalue weighted by molar-refractivity contribution is 7.89. The molecule has 5 nitrogen and oxygen atoms in total. The molecule has 0 saturated carbocycles. The lowest BCUT2D eigenvalue weighted by Gasteiger charge is -2.35. The van der Waals surface area contributed by atoms with Gasteiger partial charge in [0.25, 0.3) is 5.91 Å². The van der Waals surface area contributed by atoms with E-state index in [4.69, 9.17) is 0 Å². The molecular formula is C20H30N2O3S. The van der Waals surface area contributed by atoms with E-state index in [9.17, 15) is 13.2 Å². The summed E-state index contributed by atoms with van der Waals surface area (Å²) >= 11 is 0. The van der Waals surface area contributed by atoms with Crippen molar-refractivity contribution in [1.82, 2.24) is 9.21 Å². The number of hydrogen-bond acceptors (Lipinski definition) is 3. The van der Waals surface area contributed by atoms with Crippen LogP contribution in [0.25, 0.3) is 0 Å². The number of carbonyl (C=O) groups is 1. The Bertz CT molecular complexity index is 729. The summed E-state index contributed by atoms with van der Waals surface area (Å²) in [5, 5.41) is 0. The Labute approximate surface area is 157 Å². The van der Waals surface area contributed by atoms with Gasteiger partial charge < -0.3 is 4.90 Å². The van der Waals surface area contributed by atoms with Crippen molar-refractivity contribution in [3.63, 3.8) is 0 Å². The van der Waals surface area contributed by atoms with Gasteiger partial charge in [-0.1, -0.05) is 32.8 Å². The molecule has 6 heteroatoms. The van der Waals surface area contributed by atoms with E-state index in [-0.39, 0.29) is 10.8 Å². The summed E-state index contributed by atoms with van der Waals surface area (Å²) in [5.41, 5.74) is 0.474. The lowest BCUT2D eigenvalue weighted by Crippen LogP contribution is -2.42. The third kappa shape index (κ3) is 4.29. The average molecular weight is 379 g/mol. The molecule has 1 aromatic carbocycles. The smallest absolute Gasteiger partial charge is 0.253 e. The zero-order valence-corrected chi connectivity index (χ0v) is 16.7. The van der Waals surface area contributed by atoms with Crippen molar-refractivity contribution in [2.45, 2.75) is 50.8 Å². The average Bonchev–Trinajstić information content (AvgIpc) is 2.90. The van der Waals surface area contributed by atoms with Crippen molar-refractivity contribution in [2.75, 3.05) is 26.2 Å². The van der Waals surface area contributed by atoms with E-state index < -0.39 is 10.0 Å². The molecule has 144 valence electrons. The van der Waals surface area contributed by atoms with Gasteiger partial charge in [0.1, 0.15) is 0 Å². The molecule has 2 fully saturated rings. The summed E-state index contributed by atoms with van der Waals surface area (Å²) in [7, 11) is -3.53. The van der Waals surface area contributed by atoms with Crippen molar-refractivity contribution in [3.05, 3.63) is 29.8 Å². The van der Waals surface area contributed by atoms with Crippen LogP contribution in [0, 0.1) is 11.8 Å². The number of piperidine rings is 1. The summed E-state index contributed by atoms with van der Waals surface area (Å²) in [4.78, 5) is 15.0. The first kappa shape index (κ1) is 19.4. The van der Waals surface area contributed by atoms with E-state index in [0.29, 0.717) is 30.5 Å². The van der Waals surface area contributed by atoms with E-state index in [1.807, 2.05) is 4.90 Å². The van der Waals surface area contributed by atoms with Crippen molar-refractivity contribution < 1.29 is 13.2 Å². The first-order valence-electron chi connectivity index (χ1n) is 9.77. The van der Waals surface area contributed by atoms with Gasteiger partial charge in [0.2, 0.25) is 10.0 Å². The monoisotopic (exact) mass is 378 g/mol. The van der Waals surface area contributed by atoms with Crippen LogP contribution in [0.5, 0.6) is 0 Å². The summed E-state index contributed by atoms with van der Waals surface area (Å²) < 4.78 is 27.6. The maximum absolute atomic E-state index is 13.0. The number of likely N-dealkylation sites (tertiary alicyclic amines) is 1. The number of hydrogen-bond donors (Lipinski definition) is 0. The van der Waals surface area contributed by atoms with Gasteiger partial charge in [0.05, 0.1) is 4.90 Å². The van der Waals surface area contributed by atoms with Gasteiger partial charge >= 0.3 is 0 Å². The maximum Gasteiger partial charge on any atom is 0.253 e. The zero-order valence-electron chi connectivity index (χ0n) is 15.9. The number of sulfonamides is 1. The van der Waals surface area contributed by atoms with Crippen molar-refractivity contribution >= 4 is 15.9 Å². The van der Waals surface area contributed by atoms with E-state index >= 15 is 0 Å². The van der Waals surface area contributed by atoms with E-state index in [1.165, 1.54) is 0 Å². The molecule has 2 unspecified atom stereocenters. The van der Waals surface area contributed by atoms with Crippen molar-refractivity contribution in [1.29, 1.82) is 0 Å². The first-order chi connectivity index (χ1) is 12.4. The molecule has 2 atom stereocenters. The van der Waals surface area contributed by atoms with Crippen LogP contribution in [0.15, 0.2) is 29.2 Å². The first-order valence-corrected chi connectivity index (χ1v) is 11.2. The van der Waals surface area contributed by atoms with Crippen LogP contribution in [-0.2, 0) is 10.0 Å². The number of nitrogens with zero attached hydrogens (tertiary/aromatic N) is 2. The van der Waals surface area contributed by atoms with Crippen LogP contribution in [-0.4, -0.2) is 49.7 Å². The van der Waals surface area contributed by atoms with E-state index in [1.54, 1.807) is 28.6 Å². The molecule has 1 amide bonds. The van der Waals surface area contributed by atoms with Crippen LogP contribution >= 0.6 is 0 Å². The topological polar surface area (TPSA) is 57.7 Å². The molecule has 1 aromatic rings. The van der Waals surface area contributed by atoms with E-state index in [0.717, 1.165) is 45.2 Å². The molecule has 0 N–H and O–H groups in total. The molecule has 2 saturated heterocycles. The van der Waals surface area contributed by atoms with Gasteiger partial charge in [-0.15, -0.1) is 0 Å². The molecule has 3 rings (SSSR count). The molecule has 0 spiro atoms. The highest BCUT2D eigenvalue weighted by Crippen LogP contribution is 2.25. The zero-order chi connectivity index (χ0) is 18.7. The molecule has 26 heavy (non-hydrogen) atoms. The van der Waals surface area contributed by atoms with Crippen molar-refractivity contribution in [3.8, 4) is 0 Å². The number of amides is 1. The Kier molecular flexibility index (Phi) is 6.03. The van der Waals surface area contributed by atoms with Gasteiger partial charge in [-0.2, -0.15) is 4.31 Å². The molecule has 0 bridgehead atoms. The van der Waals surface area contributed by atoms with Gasteiger partial charge in [-0.25, -0.2) is 8.42 Å². The number of carbonyl (C=O) groups excluding carboxylic acids is 1. The number of benzene rings is 1. The Morgan fingerprint density at radius 1 is 1.00 bits per heavy atom.